The lowest BCUT2D eigenvalue weighted by atomic mass is 10.3. The lowest BCUT2D eigenvalue weighted by molar-refractivity contribution is -0.228. The third-order valence-electron chi connectivity index (χ3n) is 3.78. The molecule has 0 aliphatic heterocycles. The fraction of sp³-hybridized carbons (Fsp3) is 0.800. The first-order chi connectivity index (χ1) is 16.9. The molecule has 2 amide bonds. The Bertz CT molecular complexity index is 722. The first-order valence-corrected chi connectivity index (χ1v) is 12.8. The van der Waals surface area contributed by atoms with E-state index in [2.05, 4.69) is 29.7 Å². The van der Waals surface area contributed by atoms with Gasteiger partial charge in [0, 0.05) is 45.9 Å². The summed E-state index contributed by atoms with van der Waals surface area (Å²) in [5, 5.41) is 8.11. The van der Waals surface area contributed by atoms with Crippen LogP contribution in [0.5, 0.6) is 0 Å². The highest BCUT2D eigenvalue weighted by Crippen LogP contribution is 2.38. The maximum absolute atomic E-state index is 11.8. The predicted octanol–water partition coefficient (Wildman–Crippen LogP) is -0.770. The molecule has 0 rings (SSSR count). The lowest BCUT2D eigenvalue weighted by Gasteiger charge is -2.25. The standard InChI is InChI=1S/C20H38N3O12P/c1-15(2)21-6-5-19(26)22-7-9-30-11-12-31-20(27)23-8-10-33-36(28,29)34-14-18(35-17(4)25)13-32-16(3)24/h15,18,21H,5-14H2,1-4H3,(H,22,26)(H,23,27)(H,28,29)/p-1/t18-/m1/s1. The normalized spacial score (nSPS) is 13.4. The minimum atomic E-state index is -4.78. The molecule has 210 valence electrons. The Balaban J connectivity index is 3.85. The lowest BCUT2D eigenvalue weighted by Crippen LogP contribution is -2.32. The maximum Gasteiger partial charge on any atom is 0.407 e. The van der Waals surface area contributed by atoms with Crippen LogP contribution in [-0.4, -0.2) is 95.4 Å². The Hall–Kier alpha value is -2.29. The minimum absolute atomic E-state index is 0.0536. The van der Waals surface area contributed by atoms with Crippen LogP contribution in [0.2, 0.25) is 0 Å². The van der Waals surface area contributed by atoms with E-state index < -0.39 is 51.8 Å². The van der Waals surface area contributed by atoms with Gasteiger partial charge in [0.25, 0.3) is 7.82 Å². The first-order valence-electron chi connectivity index (χ1n) is 11.3. The molecule has 0 aliphatic carbocycles. The number of rotatable bonds is 20. The number of hydrogen-bond acceptors (Lipinski definition) is 13. The van der Waals surface area contributed by atoms with Crippen molar-refractivity contribution in [1.29, 1.82) is 0 Å². The van der Waals surface area contributed by atoms with Crippen molar-refractivity contribution >= 4 is 31.8 Å². The van der Waals surface area contributed by atoms with E-state index in [9.17, 15) is 28.6 Å². The van der Waals surface area contributed by atoms with Gasteiger partial charge in [0.2, 0.25) is 5.91 Å². The van der Waals surface area contributed by atoms with Crippen LogP contribution in [0, 0.1) is 0 Å². The summed E-state index contributed by atoms with van der Waals surface area (Å²) in [6.07, 6.45) is -1.59. The Morgan fingerprint density at radius 3 is 2.17 bits per heavy atom. The minimum Gasteiger partial charge on any atom is -0.756 e. The van der Waals surface area contributed by atoms with Gasteiger partial charge in [-0.25, -0.2) is 4.79 Å². The van der Waals surface area contributed by atoms with E-state index >= 15 is 0 Å². The Labute approximate surface area is 210 Å². The number of alkyl carbamates (subject to hydrolysis) is 1. The van der Waals surface area contributed by atoms with Crippen molar-refractivity contribution in [2.24, 2.45) is 0 Å². The molecule has 0 aromatic heterocycles. The predicted molar refractivity (Wildman–Crippen MR) is 123 cm³/mol. The van der Waals surface area contributed by atoms with Crippen molar-refractivity contribution in [2.75, 3.05) is 59.3 Å². The smallest absolute Gasteiger partial charge is 0.407 e. The monoisotopic (exact) mass is 542 g/mol. The van der Waals surface area contributed by atoms with Gasteiger partial charge in [0.05, 0.1) is 26.4 Å². The van der Waals surface area contributed by atoms with E-state index in [-0.39, 0.29) is 32.3 Å². The van der Waals surface area contributed by atoms with E-state index in [1.165, 1.54) is 0 Å². The Morgan fingerprint density at radius 2 is 1.53 bits per heavy atom. The summed E-state index contributed by atoms with van der Waals surface area (Å²) in [7, 11) is -4.78. The van der Waals surface area contributed by atoms with Gasteiger partial charge in [0.1, 0.15) is 13.2 Å². The van der Waals surface area contributed by atoms with Gasteiger partial charge in [-0.05, 0) is 0 Å². The van der Waals surface area contributed by atoms with E-state index in [0.29, 0.717) is 25.6 Å². The van der Waals surface area contributed by atoms with Crippen LogP contribution < -0.4 is 20.8 Å². The van der Waals surface area contributed by atoms with Gasteiger partial charge in [-0.15, -0.1) is 0 Å². The number of esters is 2. The summed E-state index contributed by atoms with van der Waals surface area (Å²) in [6, 6.07) is 0.312. The van der Waals surface area contributed by atoms with E-state index in [0.717, 1.165) is 13.8 Å². The van der Waals surface area contributed by atoms with E-state index in [4.69, 9.17) is 14.2 Å². The highest BCUT2D eigenvalue weighted by molar-refractivity contribution is 7.45. The molecule has 0 bridgehead atoms. The van der Waals surface area contributed by atoms with Gasteiger partial charge < -0.3 is 48.8 Å². The van der Waals surface area contributed by atoms with Crippen LogP contribution in [0.1, 0.15) is 34.1 Å². The van der Waals surface area contributed by atoms with Crippen molar-refractivity contribution in [1.82, 2.24) is 16.0 Å². The molecule has 36 heavy (non-hydrogen) atoms. The SMILES string of the molecule is CC(=O)OC[C@H](COP(=O)([O-])OCCNC(=O)OCCOCCNC(=O)CCNC(C)C)OC(C)=O. The number of carbonyl (C=O) groups is 4. The Kier molecular flexibility index (Phi) is 18.6. The number of hydrogen-bond donors (Lipinski definition) is 3. The second kappa shape index (κ2) is 19.8. The van der Waals surface area contributed by atoms with Crippen LogP contribution in [0.15, 0.2) is 0 Å². The van der Waals surface area contributed by atoms with Crippen LogP contribution >= 0.6 is 7.82 Å². The molecule has 0 fully saturated rings. The highest BCUT2D eigenvalue weighted by atomic mass is 31.2. The van der Waals surface area contributed by atoms with Gasteiger partial charge >= 0.3 is 18.0 Å². The van der Waals surface area contributed by atoms with Gasteiger partial charge in [-0.2, -0.15) is 0 Å². The van der Waals surface area contributed by atoms with Crippen LogP contribution in [0.25, 0.3) is 0 Å². The van der Waals surface area contributed by atoms with Crippen molar-refractivity contribution < 1.29 is 56.6 Å². The number of phosphoric ester groups is 1. The molecule has 2 atom stereocenters. The summed E-state index contributed by atoms with van der Waals surface area (Å²) in [5.41, 5.74) is 0. The first kappa shape index (κ1) is 33.7. The van der Waals surface area contributed by atoms with Crippen LogP contribution in [-0.2, 0) is 46.9 Å². The number of ether oxygens (including phenoxy) is 4. The molecule has 1 unspecified atom stereocenters. The van der Waals surface area contributed by atoms with Gasteiger partial charge in [-0.3, -0.25) is 18.9 Å². The zero-order valence-electron chi connectivity index (χ0n) is 21.1. The Morgan fingerprint density at radius 1 is 0.833 bits per heavy atom. The molecule has 16 heteroatoms. The summed E-state index contributed by atoms with van der Waals surface area (Å²) in [4.78, 5) is 56.8. The number of phosphoric acid groups is 1. The summed E-state index contributed by atoms with van der Waals surface area (Å²) in [6.45, 7) is 5.77. The third-order valence-corrected chi connectivity index (χ3v) is 4.74. The number of nitrogens with one attached hydrogen (secondary N) is 3. The van der Waals surface area contributed by atoms with Crippen LogP contribution in [0.3, 0.4) is 0 Å². The molecular formula is C20H37N3O12P-. The molecule has 0 saturated heterocycles. The fourth-order valence-electron chi connectivity index (χ4n) is 2.26. The van der Waals surface area contributed by atoms with Crippen molar-refractivity contribution in [3.8, 4) is 0 Å². The summed E-state index contributed by atoms with van der Waals surface area (Å²) >= 11 is 0. The second-order valence-corrected chi connectivity index (χ2v) is 8.90. The van der Waals surface area contributed by atoms with E-state index in [1.54, 1.807) is 0 Å². The molecular weight excluding hydrogens is 505 g/mol. The molecule has 0 aromatic carbocycles. The molecule has 0 saturated carbocycles. The quantitative estimate of drug-likeness (QED) is 0.0750. The highest BCUT2D eigenvalue weighted by Gasteiger charge is 2.19. The maximum atomic E-state index is 11.8. The summed E-state index contributed by atoms with van der Waals surface area (Å²) in [5.74, 6) is -1.46. The van der Waals surface area contributed by atoms with E-state index in [1.807, 2.05) is 13.8 Å². The van der Waals surface area contributed by atoms with Crippen molar-refractivity contribution in [3.05, 3.63) is 0 Å². The average Bonchev–Trinajstić information content (AvgIpc) is 2.77. The van der Waals surface area contributed by atoms with Gasteiger partial charge in [0.15, 0.2) is 6.10 Å². The average molecular weight is 542 g/mol. The van der Waals surface area contributed by atoms with Crippen molar-refractivity contribution in [2.45, 2.75) is 46.3 Å². The molecule has 0 aliphatic rings. The topological polar surface area (TPSA) is 200 Å². The zero-order chi connectivity index (χ0) is 27.4. The molecule has 0 spiro atoms. The molecule has 15 nitrogen and oxygen atoms in total. The third kappa shape index (κ3) is 22.2. The second-order valence-electron chi connectivity index (χ2n) is 7.49. The molecule has 0 radical (unpaired) electrons. The van der Waals surface area contributed by atoms with Crippen LogP contribution in [0.4, 0.5) is 4.79 Å². The molecule has 0 aromatic rings. The zero-order valence-corrected chi connectivity index (χ0v) is 22.0. The molecule has 0 heterocycles. The number of carbonyl (C=O) groups excluding carboxylic acids is 4. The summed E-state index contributed by atoms with van der Waals surface area (Å²) < 4.78 is 40.5. The fourth-order valence-corrected chi connectivity index (χ4v) is 2.99. The molecule has 3 N–H and O–H groups in total. The van der Waals surface area contributed by atoms with Gasteiger partial charge in [-0.1, -0.05) is 13.8 Å². The van der Waals surface area contributed by atoms with Crippen molar-refractivity contribution in [3.63, 3.8) is 0 Å². The largest absolute Gasteiger partial charge is 0.756 e. The number of amides is 2.